The van der Waals surface area contributed by atoms with Crippen LogP contribution in [0.15, 0.2) is 54.0 Å². The average Bonchev–Trinajstić information content (AvgIpc) is 3.16. The molecule has 0 saturated heterocycles. The molecule has 6 nitrogen and oxygen atoms in total. The number of aryl methyl sites for hydroxylation is 1. The van der Waals surface area contributed by atoms with Gasteiger partial charge in [-0.1, -0.05) is 35.9 Å². The third-order valence-electron chi connectivity index (χ3n) is 4.04. The minimum Gasteiger partial charge on any atom is -0.459 e. The molecule has 0 aliphatic heterocycles. The van der Waals surface area contributed by atoms with Crippen molar-refractivity contribution in [1.82, 2.24) is 15.3 Å². The number of thiazole rings is 1. The number of carbonyl (C=O) groups excluding carboxylic acids is 2. The lowest BCUT2D eigenvalue weighted by molar-refractivity contribution is -0.145. The number of rotatable bonds is 7. The van der Waals surface area contributed by atoms with Gasteiger partial charge < -0.3 is 10.1 Å². The van der Waals surface area contributed by atoms with Crippen molar-refractivity contribution in [3.8, 4) is 10.7 Å². The molecule has 3 rings (SSSR count). The number of benzene rings is 1. The maximum Gasteiger partial charge on any atom is 0.308 e. The van der Waals surface area contributed by atoms with Crippen LogP contribution in [0.4, 0.5) is 0 Å². The summed E-state index contributed by atoms with van der Waals surface area (Å²) in [5.41, 5.74) is 3.43. The predicted octanol–water partition coefficient (Wildman–Crippen LogP) is 3.82. The van der Waals surface area contributed by atoms with E-state index in [1.807, 2.05) is 54.8 Å². The molecule has 0 bridgehead atoms. The van der Waals surface area contributed by atoms with Crippen LogP contribution in [0.5, 0.6) is 0 Å². The topological polar surface area (TPSA) is 81.2 Å². The van der Waals surface area contributed by atoms with Crippen LogP contribution in [0.25, 0.3) is 10.7 Å². The fourth-order valence-corrected chi connectivity index (χ4v) is 3.44. The van der Waals surface area contributed by atoms with E-state index in [4.69, 9.17) is 4.74 Å². The Morgan fingerprint density at radius 1 is 1.18 bits per heavy atom. The van der Waals surface area contributed by atoms with Gasteiger partial charge in [-0.05, 0) is 24.6 Å². The molecule has 0 radical (unpaired) electrons. The molecule has 1 amide bonds. The zero-order valence-corrected chi connectivity index (χ0v) is 16.5. The van der Waals surface area contributed by atoms with Gasteiger partial charge in [0.15, 0.2) is 0 Å². The second kappa shape index (κ2) is 9.23. The molecule has 0 saturated carbocycles. The highest BCUT2D eigenvalue weighted by Crippen LogP contribution is 2.22. The maximum absolute atomic E-state index is 12.3. The molecular weight excluding hydrogens is 374 g/mol. The van der Waals surface area contributed by atoms with Gasteiger partial charge >= 0.3 is 5.97 Å². The van der Waals surface area contributed by atoms with Crippen LogP contribution < -0.4 is 5.32 Å². The minimum absolute atomic E-state index is 0.0554. The summed E-state index contributed by atoms with van der Waals surface area (Å²) in [6, 6.07) is 12.9. The second-order valence-corrected chi connectivity index (χ2v) is 7.25. The molecule has 0 aliphatic rings. The zero-order chi connectivity index (χ0) is 19.9. The lowest BCUT2D eigenvalue weighted by Gasteiger charge is -2.17. The molecule has 1 unspecified atom stereocenters. The largest absolute Gasteiger partial charge is 0.459 e. The van der Waals surface area contributed by atoms with E-state index < -0.39 is 12.0 Å². The van der Waals surface area contributed by atoms with E-state index in [2.05, 4.69) is 15.3 Å². The number of hydrogen-bond acceptors (Lipinski definition) is 6. The van der Waals surface area contributed by atoms with Crippen molar-refractivity contribution in [1.29, 1.82) is 0 Å². The van der Waals surface area contributed by atoms with Crippen LogP contribution in [0.2, 0.25) is 0 Å². The molecule has 1 atom stereocenters. The average molecular weight is 395 g/mol. The Kier molecular flexibility index (Phi) is 6.49. The van der Waals surface area contributed by atoms with Gasteiger partial charge in [0.25, 0.3) is 0 Å². The number of nitrogens with zero attached hydrogens (tertiary/aromatic N) is 2. The molecule has 1 aromatic carbocycles. The van der Waals surface area contributed by atoms with Gasteiger partial charge in [-0.25, -0.2) is 4.98 Å². The summed E-state index contributed by atoms with van der Waals surface area (Å²) in [4.78, 5) is 32.6. The molecule has 3 aromatic rings. The van der Waals surface area contributed by atoms with E-state index in [9.17, 15) is 9.59 Å². The summed E-state index contributed by atoms with van der Waals surface area (Å²) in [5, 5.41) is 5.44. The van der Waals surface area contributed by atoms with E-state index in [-0.39, 0.29) is 18.9 Å². The maximum atomic E-state index is 12.3. The standard InChI is InChI=1S/C21H21N3O3S/c1-14-6-8-16(9-7-14)19(23-15(2)25)11-20(26)27-12-17-13-28-21(24-17)18-5-3-4-10-22-18/h3-10,13,19H,11-12H2,1-2H3,(H,23,25). The number of aromatic nitrogens is 2. The van der Waals surface area contributed by atoms with E-state index in [0.717, 1.165) is 21.8 Å². The first-order valence-electron chi connectivity index (χ1n) is 8.86. The van der Waals surface area contributed by atoms with E-state index in [1.54, 1.807) is 6.20 Å². The number of esters is 1. The summed E-state index contributed by atoms with van der Waals surface area (Å²) in [7, 11) is 0. The van der Waals surface area contributed by atoms with Crippen molar-refractivity contribution in [2.75, 3.05) is 0 Å². The van der Waals surface area contributed by atoms with E-state index >= 15 is 0 Å². The van der Waals surface area contributed by atoms with Gasteiger partial charge in [0.2, 0.25) is 5.91 Å². The van der Waals surface area contributed by atoms with Gasteiger partial charge in [0.05, 0.1) is 23.9 Å². The normalized spacial score (nSPS) is 11.6. The fraction of sp³-hybridized carbons (Fsp3) is 0.238. The van der Waals surface area contributed by atoms with Crippen LogP contribution in [-0.2, 0) is 20.9 Å². The van der Waals surface area contributed by atoms with E-state index in [0.29, 0.717) is 5.69 Å². The van der Waals surface area contributed by atoms with Crippen LogP contribution in [0, 0.1) is 6.92 Å². The summed E-state index contributed by atoms with van der Waals surface area (Å²) >= 11 is 1.45. The summed E-state index contributed by atoms with van der Waals surface area (Å²) in [5.74, 6) is -0.593. The number of pyridine rings is 1. The van der Waals surface area contributed by atoms with Crippen molar-refractivity contribution >= 4 is 23.2 Å². The Bertz CT molecular complexity index is 939. The number of hydrogen-bond donors (Lipinski definition) is 1. The quantitative estimate of drug-likeness (QED) is 0.615. The SMILES string of the molecule is CC(=O)NC(CC(=O)OCc1csc(-c2ccccn2)n1)c1ccc(C)cc1. The molecule has 144 valence electrons. The van der Waals surface area contributed by atoms with Crippen LogP contribution >= 0.6 is 11.3 Å². The van der Waals surface area contributed by atoms with Crippen molar-refractivity contribution in [2.24, 2.45) is 0 Å². The molecule has 0 aliphatic carbocycles. The Morgan fingerprint density at radius 2 is 1.96 bits per heavy atom. The minimum atomic E-state index is -0.426. The monoisotopic (exact) mass is 395 g/mol. The van der Waals surface area contributed by atoms with Gasteiger partial charge in [-0.2, -0.15) is 0 Å². The molecule has 7 heteroatoms. The van der Waals surface area contributed by atoms with Gasteiger partial charge in [-0.3, -0.25) is 14.6 Å². The smallest absolute Gasteiger partial charge is 0.308 e. The molecule has 28 heavy (non-hydrogen) atoms. The highest BCUT2D eigenvalue weighted by Gasteiger charge is 2.18. The number of carbonyl (C=O) groups is 2. The van der Waals surface area contributed by atoms with Crippen LogP contribution in [0.1, 0.15) is 36.2 Å². The molecule has 2 heterocycles. The Balaban J connectivity index is 1.59. The third-order valence-corrected chi connectivity index (χ3v) is 4.96. The first kappa shape index (κ1) is 19.7. The van der Waals surface area contributed by atoms with Gasteiger partial charge in [0.1, 0.15) is 11.6 Å². The Hall–Kier alpha value is -3.06. The lowest BCUT2D eigenvalue weighted by atomic mass is 10.0. The third kappa shape index (κ3) is 5.47. The van der Waals surface area contributed by atoms with Gasteiger partial charge in [0, 0.05) is 18.5 Å². The van der Waals surface area contributed by atoms with Crippen molar-refractivity contribution in [3.63, 3.8) is 0 Å². The lowest BCUT2D eigenvalue weighted by Crippen LogP contribution is -2.28. The predicted molar refractivity (Wildman–Crippen MR) is 107 cm³/mol. The number of nitrogens with one attached hydrogen (secondary N) is 1. The second-order valence-electron chi connectivity index (χ2n) is 6.39. The summed E-state index contributed by atoms with van der Waals surface area (Å²) in [6.07, 6.45) is 1.77. The summed E-state index contributed by atoms with van der Waals surface area (Å²) in [6.45, 7) is 3.50. The Labute approximate surface area is 167 Å². The van der Waals surface area contributed by atoms with Crippen LogP contribution in [-0.4, -0.2) is 21.8 Å². The molecule has 2 aromatic heterocycles. The first-order valence-corrected chi connectivity index (χ1v) is 9.74. The van der Waals surface area contributed by atoms with Crippen molar-refractivity contribution < 1.29 is 14.3 Å². The highest BCUT2D eigenvalue weighted by atomic mass is 32.1. The van der Waals surface area contributed by atoms with E-state index in [1.165, 1.54) is 18.3 Å². The zero-order valence-electron chi connectivity index (χ0n) is 15.7. The first-order chi connectivity index (χ1) is 13.5. The number of ether oxygens (including phenoxy) is 1. The highest BCUT2D eigenvalue weighted by molar-refractivity contribution is 7.13. The molecule has 0 fully saturated rings. The summed E-state index contributed by atoms with van der Waals surface area (Å²) < 4.78 is 5.37. The number of amides is 1. The molecule has 1 N–H and O–H groups in total. The van der Waals surface area contributed by atoms with Crippen LogP contribution in [0.3, 0.4) is 0 Å². The van der Waals surface area contributed by atoms with Crippen molar-refractivity contribution in [2.45, 2.75) is 32.9 Å². The fourth-order valence-electron chi connectivity index (χ4n) is 2.66. The molecule has 0 spiro atoms. The van der Waals surface area contributed by atoms with Gasteiger partial charge in [-0.15, -0.1) is 11.3 Å². The van der Waals surface area contributed by atoms with Crippen molar-refractivity contribution in [3.05, 3.63) is 70.9 Å². The molecular formula is C21H21N3O3S. The Morgan fingerprint density at radius 3 is 2.64 bits per heavy atom.